The maximum Gasteiger partial charge on any atom is 0.222 e. The molecule has 1 rings (SSSR count). The van der Waals surface area contributed by atoms with E-state index >= 15 is 0 Å². The van der Waals surface area contributed by atoms with Gasteiger partial charge in [0.25, 0.3) is 0 Å². The van der Waals surface area contributed by atoms with Crippen LogP contribution in [-0.2, 0) is 9.53 Å². The summed E-state index contributed by atoms with van der Waals surface area (Å²) in [5.41, 5.74) is 0. The molecule has 0 aromatic carbocycles. The molecular formula is C8H17NO2. The van der Waals surface area contributed by atoms with Crippen molar-refractivity contribution < 1.29 is 11.0 Å². The molecule has 1 aliphatic heterocycles. The van der Waals surface area contributed by atoms with Crippen molar-refractivity contribution in [1.82, 2.24) is 5.32 Å². The Kier molecular flexibility index (Phi) is 2.88. The maximum absolute atomic E-state index is 11.1. The van der Waals surface area contributed by atoms with Crippen molar-refractivity contribution in [2.45, 2.75) is 26.3 Å². The van der Waals surface area contributed by atoms with Gasteiger partial charge in [-0.15, -0.1) is 0 Å². The van der Waals surface area contributed by atoms with Crippen LogP contribution < -0.4 is 5.32 Å². The van der Waals surface area contributed by atoms with Gasteiger partial charge in [-0.3, -0.25) is 4.79 Å². The summed E-state index contributed by atoms with van der Waals surface area (Å²) in [7, 11) is 0. The van der Waals surface area contributed by atoms with Crippen LogP contribution in [0.3, 0.4) is 0 Å². The van der Waals surface area contributed by atoms with Gasteiger partial charge in [0.15, 0.2) is 0 Å². The van der Waals surface area contributed by atoms with Crippen LogP contribution in [0, 0.1) is 5.92 Å². The third kappa shape index (κ3) is 2.50. The lowest BCUT2D eigenvalue weighted by Crippen LogP contribution is -2.37. The minimum absolute atomic E-state index is 0. The quantitative estimate of drug-likeness (QED) is 0.647. The van der Waals surface area contributed by atoms with E-state index in [1.165, 1.54) is 0 Å². The van der Waals surface area contributed by atoms with E-state index in [2.05, 4.69) is 5.32 Å². The average molecular weight is 159 g/mol. The van der Waals surface area contributed by atoms with Crippen molar-refractivity contribution in [3.63, 3.8) is 0 Å². The van der Waals surface area contributed by atoms with Crippen LogP contribution in [0.1, 0.15) is 21.7 Å². The number of carbonyl (C=O) groups excluding carboxylic acids is 1. The van der Waals surface area contributed by atoms with Crippen LogP contribution >= 0.6 is 0 Å². The molecule has 3 heteroatoms. The molecule has 0 spiro atoms. The molecule has 0 saturated carbocycles. The third-order valence-corrected chi connectivity index (χ3v) is 1.80. The highest BCUT2D eigenvalue weighted by molar-refractivity contribution is 5.78. The maximum atomic E-state index is 11.1. The lowest BCUT2D eigenvalue weighted by Gasteiger charge is -2.11. The first-order valence-electron chi connectivity index (χ1n) is 4.08. The second-order valence-electron chi connectivity index (χ2n) is 3.22. The highest BCUT2D eigenvalue weighted by atomic mass is 16.5. The van der Waals surface area contributed by atoms with Gasteiger partial charge >= 0.3 is 0 Å². The molecule has 1 amide bonds. The molecule has 0 aliphatic carbocycles. The Morgan fingerprint density at radius 2 is 2.45 bits per heavy atom. The van der Waals surface area contributed by atoms with Crippen molar-refractivity contribution in [3.8, 4) is 0 Å². The monoisotopic (exact) mass is 159 g/mol. The number of hydrogen-bond acceptors (Lipinski definition) is 2. The second kappa shape index (κ2) is 3.72. The second-order valence-corrected chi connectivity index (χ2v) is 3.22. The molecule has 0 aromatic heterocycles. The van der Waals surface area contributed by atoms with Gasteiger partial charge in [-0.25, -0.2) is 0 Å². The number of rotatable bonds is 2. The van der Waals surface area contributed by atoms with Crippen LogP contribution in [0.15, 0.2) is 0 Å². The molecule has 11 heavy (non-hydrogen) atoms. The van der Waals surface area contributed by atoms with Gasteiger partial charge in [0.1, 0.15) is 0 Å². The molecule has 0 radical (unpaired) electrons. The van der Waals surface area contributed by atoms with E-state index in [-0.39, 0.29) is 19.3 Å². The standard InChI is InChI=1S/C8H15NO2.H2/c1-6(2)8(10)9-7-3-4-11-5-7;/h6-7H,3-5H2,1-2H3,(H,9,10);1H/t7-;/m0./s1. The Labute approximate surface area is 68.6 Å². The van der Waals surface area contributed by atoms with E-state index in [0.717, 1.165) is 13.0 Å². The zero-order chi connectivity index (χ0) is 8.27. The summed E-state index contributed by atoms with van der Waals surface area (Å²) in [6, 6.07) is 0.255. The van der Waals surface area contributed by atoms with Gasteiger partial charge in [-0.2, -0.15) is 0 Å². The summed E-state index contributed by atoms with van der Waals surface area (Å²) >= 11 is 0. The predicted molar refractivity (Wildman–Crippen MR) is 44.3 cm³/mol. The van der Waals surface area contributed by atoms with E-state index in [0.29, 0.717) is 6.61 Å². The Balaban J connectivity index is 0.00000121. The van der Waals surface area contributed by atoms with Gasteiger partial charge in [0, 0.05) is 14.0 Å². The largest absolute Gasteiger partial charge is 0.379 e. The van der Waals surface area contributed by atoms with Crippen LogP contribution in [0.2, 0.25) is 0 Å². The van der Waals surface area contributed by atoms with Crippen molar-refractivity contribution >= 4 is 5.91 Å². The molecule has 1 saturated heterocycles. The van der Waals surface area contributed by atoms with Crippen molar-refractivity contribution in [3.05, 3.63) is 0 Å². The van der Waals surface area contributed by atoms with Gasteiger partial charge in [-0.05, 0) is 6.42 Å². The smallest absolute Gasteiger partial charge is 0.222 e. The van der Waals surface area contributed by atoms with Crippen molar-refractivity contribution in [1.29, 1.82) is 0 Å². The first-order valence-corrected chi connectivity index (χ1v) is 4.08. The molecular weight excluding hydrogens is 142 g/mol. The average Bonchev–Trinajstić information content (AvgIpc) is 2.39. The summed E-state index contributed by atoms with van der Waals surface area (Å²) in [6.45, 7) is 5.25. The number of nitrogens with one attached hydrogen (secondary N) is 1. The Bertz CT molecular complexity index is 144. The van der Waals surface area contributed by atoms with Crippen molar-refractivity contribution in [2.24, 2.45) is 5.92 Å². The first-order chi connectivity index (χ1) is 5.20. The Morgan fingerprint density at radius 3 is 2.91 bits per heavy atom. The van der Waals surface area contributed by atoms with Crippen molar-refractivity contribution in [2.75, 3.05) is 13.2 Å². The highest BCUT2D eigenvalue weighted by Crippen LogP contribution is 2.04. The zero-order valence-electron chi connectivity index (χ0n) is 7.09. The molecule has 1 atom stereocenters. The molecule has 1 fully saturated rings. The first kappa shape index (κ1) is 8.53. The van der Waals surface area contributed by atoms with Crippen LogP contribution in [-0.4, -0.2) is 25.2 Å². The van der Waals surface area contributed by atoms with Gasteiger partial charge < -0.3 is 10.1 Å². The zero-order valence-corrected chi connectivity index (χ0v) is 7.09. The SMILES string of the molecule is CC(C)C(=O)N[C@H]1CCOC1.[HH]. The van der Waals surface area contributed by atoms with Gasteiger partial charge in [-0.1, -0.05) is 13.8 Å². The molecule has 1 N–H and O–H groups in total. The summed E-state index contributed by atoms with van der Waals surface area (Å²) < 4.78 is 5.12. The minimum atomic E-state index is 0. The Morgan fingerprint density at radius 1 is 1.73 bits per heavy atom. The summed E-state index contributed by atoms with van der Waals surface area (Å²) in [5.74, 6) is 0.205. The van der Waals surface area contributed by atoms with E-state index < -0.39 is 0 Å². The number of ether oxygens (including phenoxy) is 1. The molecule has 0 aromatic rings. The minimum Gasteiger partial charge on any atom is -0.379 e. The lowest BCUT2D eigenvalue weighted by molar-refractivity contribution is -0.124. The molecule has 0 bridgehead atoms. The fourth-order valence-electron chi connectivity index (χ4n) is 1.02. The van der Waals surface area contributed by atoms with Gasteiger partial charge in [0.05, 0.1) is 12.6 Å². The molecule has 3 nitrogen and oxygen atoms in total. The van der Waals surface area contributed by atoms with E-state index in [1.54, 1.807) is 0 Å². The topological polar surface area (TPSA) is 38.3 Å². The number of amides is 1. The summed E-state index contributed by atoms with van der Waals surface area (Å²) in [5, 5.41) is 2.91. The number of hydrogen-bond donors (Lipinski definition) is 1. The third-order valence-electron chi connectivity index (χ3n) is 1.80. The highest BCUT2D eigenvalue weighted by Gasteiger charge is 2.18. The lowest BCUT2D eigenvalue weighted by atomic mass is 10.2. The van der Waals surface area contributed by atoms with Crippen LogP contribution in [0.25, 0.3) is 0 Å². The normalized spacial score (nSPS) is 24.1. The fourth-order valence-corrected chi connectivity index (χ4v) is 1.02. The predicted octanol–water partition coefficient (Wildman–Crippen LogP) is 0.793. The van der Waals surface area contributed by atoms with E-state index in [4.69, 9.17) is 4.74 Å². The van der Waals surface area contributed by atoms with Crippen LogP contribution in [0.5, 0.6) is 0 Å². The summed E-state index contributed by atoms with van der Waals surface area (Å²) in [4.78, 5) is 11.1. The molecule has 66 valence electrons. The fraction of sp³-hybridized carbons (Fsp3) is 0.875. The molecule has 1 heterocycles. The van der Waals surface area contributed by atoms with Crippen LogP contribution in [0.4, 0.5) is 0 Å². The molecule has 0 unspecified atom stereocenters. The Hall–Kier alpha value is -0.570. The number of carbonyl (C=O) groups is 1. The summed E-state index contributed by atoms with van der Waals surface area (Å²) in [6.07, 6.45) is 0.957. The van der Waals surface area contributed by atoms with E-state index in [1.807, 2.05) is 13.8 Å². The van der Waals surface area contributed by atoms with Gasteiger partial charge in [0.2, 0.25) is 5.91 Å². The van der Waals surface area contributed by atoms with E-state index in [9.17, 15) is 4.79 Å². The molecule has 1 aliphatic rings.